The summed E-state index contributed by atoms with van der Waals surface area (Å²) >= 11 is 0. The predicted molar refractivity (Wildman–Crippen MR) is 134 cm³/mol. The molecule has 0 amide bonds. The first-order valence-electron chi connectivity index (χ1n) is 11.7. The van der Waals surface area contributed by atoms with Crippen LogP contribution in [0.25, 0.3) is 33.6 Å². The van der Waals surface area contributed by atoms with Crippen molar-refractivity contribution in [3.63, 3.8) is 0 Å². The first-order valence-corrected chi connectivity index (χ1v) is 11.7. The average molecular weight is 453 g/mol. The van der Waals surface area contributed by atoms with Gasteiger partial charge in [-0.25, -0.2) is 0 Å². The average Bonchev–Trinajstić information content (AvgIpc) is 3.54. The Morgan fingerprint density at radius 1 is 1.00 bits per heavy atom. The van der Waals surface area contributed by atoms with Gasteiger partial charge in [0, 0.05) is 12.1 Å². The molecule has 7 nitrogen and oxygen atoms in total. The van der Waals surface area contributed by atoms with Crippen LogP contribution in [0.3, 0.4) is 0 Å². The number of aromatic amines is 1. The summed E-state index contributed by atoms with van der Waals surface area (Å²) in [5.41, 5.74) is 7.27. The zero-order chi connectivity index (χ0) is 23.5. The second kappa shape index (κ2) is 9.47. The fraction of sp³-hybridized carbons (Fsp3) is 0.259. The van der Waals surface area contributed by atoms with Gasteiger partial charge >= 0.3 is 0 Å². The maximum absolute atomic E-state index is 6.13. The van der Waals surface area contributed by atoms with E-state index in [4.69, 9.17) is 9.40 Å². The summed E-state index contributed by atoms with van der Waals surface area (Å²) < 4.78 is 6.13. The third kappa shape index (κ3) is 4.17. The highest BCUT2D eigenvalue weighted by molar-refractivity contribution is 5.83. The van der Waals surface area contributed by atoms with Crippen molar-refractivity contribution in [3.8, 4) is 22.5 Å². The highest BCUT2D eigenvalue weighted by atomic mass is 16.4. The molecule has 0 saturated carbocycles. The van der Waals surface area contributed by atoms with E-state index in [1.54, 1.807) is 0 Å². The van der Waals surface area contributed by atoms with E-state index in [2.05, 4.69) is 76.6 Å². The Labute approximate surface area is 198 Å². The molecule has 0 aliphatic heterocycles. The normalized spacial score (nSPS) is 12.2. The summed E-state index contributed by atoms with van der Waals surface area (Å²) in [7, 11) is 0. The van der Waals surface area contributed by atoms with E-state index in [9.17, 15) is 0 Å². The molecule has 0 unspecified atom stereocenters. The molecule has 5 aromatic rings. The number of hydrogen-bond acceptors (Lipinski definition) is 6. The Morgan fingerprint density at radius 3 is 2.56 bits per heavy atom. The topological polar surface area (TPSA) is 83.7 Å². The third-order valence-corrected chi connectivity index (χ3v) is 6.29. The summed E-state index contributed by atoms with van der Waals surface area (Å²) in [6.07, 6.45) is 2.17. The molecule has 3 aromatic carbocycles. The lowest BCUT2D eigenvalue weighted by atomic mass is 9.93. The summed E-state index contributed by atoms with van der Waals surface area (Å²) in [6, 6.07) is 23.6. The number of H-pyrrole nitrogens is 1. The van der Waals surface area contributed by atoms with Crippen LogP contribution in [-0.2, 0) is 0 Å². The van der Waals surface area contributed by atoms with Crippen LogP contribution in [-0.4, -0.2) is 32.2 Å². The molecule has 1 N–H and O–H groups in total. The highest BCUT2D eigenvalue weighted by Crippen LogP contribution is 2.35. The summed E-state index contributed by atoms with van der Waals surface area (Å²) in [6.45, 7) is 7.40. The maximum atomic E-state index is 6.13. The van der Waals surface area contributed by atoms with Gasteiger partial charge in [-0.2, -0.15) is 10.2 Å². The standard InChI is InChI=1S/C27H28N6O/c1-4-5-17-33(27-28-23-11-6-7-12-24(23)34-27)19(3)20-13-15-21(16-14-20)25-18(2)9-8-10-22(25)26-29-31-32-30-26/h6-16,19H,4-5,17H2,1-3H3,(H,29,30,31,32)/t19-/m1/s1. The van der Waals surface area contributed by atoms with Crippen LogP contribution in [0, 0.1) is 6.92 Å². The van der Waals surface area contributed by atoms with Crippen molar-refractivity contribution < 1.29 is 4.42 Å². The van der Waals surface area contributed by atoms with Crippen molar-refractivity contribution in [2.45, 2.75) is 39.7 Å². The van der Waals surface area contributed by atoms with E-state index >= 15 is 0 Å². The molecular weight excluding hydrogens is 424 g/mol. The number of nitrogens with zero attached hydrogens (tertiary/aromatic N) is 5. The fourth-order valence-corrected chi connectivity index (χ4v) is 4.39. The van der Waals surface area contributed by atoms with Gasteiger partial charge in [-0.3, -0.25) is 0 Å². The molecule has 0 aliphatic carbocycles. The number of unbranched alkanes of at least 4 members (excludes halogenated alkanes) is 1. The van der Waals surface area contributed by atoms with E-state index in [1.165, 1.54) is 11.1 Å². The van der Waals surface area contributed by atoms with Crippen LogP contribution in [0.2, 0.25) is 0 Å². The van der Waals surface area contributed by atoms with E-state index in [0.717, 1.165) is 47.2 Å². The van der Waals surface area contributed by atoms with Gasteiger partial charge in [0.05, 0.1) is 6.04 Å². The fourth-order valence-electron chi connectivity index (χ4n) is 4.39. The number of fused-ring (bicyclic) bond motifs is 1. The zero-order valence-corrected chi connectivity index (χ0v) is 19.7. The van der Waals surface area contributed by atoms with Crippen LogP contribution in [0.5, 0.6) is 0 Å². The minimum atomic E-state index is 0.113. The number of rotatable bonds is 8. The number of aromatic nitrogens is 5. The molecule has 0 bridgehead atoms. The molecule has 34 heavy (non-hydrogen) atoms. The van der Waals surface area contributed by atoms with E-state index in [-0.39, 0.29) is 6.04 Å². The van der Waals surface area contributed by atoms with Crippen LogP contribution >= 0.6 is 0 Å². The smallest absolute Gasteiger partial charge is 0.298 e. The lowest BCUT2D eigenvalue weighted by molar-refractivity contribution is 0.524. The van der Waals surface area contributed by atoms with Crippen LogP contribution in [0.15, 0.2) is 71.1 Å². The number of aryl methyl sites for hydroxylation is 1. The Morgan fingerprint density at radius 2 is 1.82 bits per heavy atom. The molecule has 0 radical (unpaired) electrons. The zero-order valence-electron chi connectivity index (χ0n) is 19.7. The lowest BCUT2D eigenvalue weighted by Crippen LogP contribution is -2.28. The van der Waals surface area contributed by atoms with E-state index < -0.39 is 0 Å². The van der Waals surface area contributed by atoms with Crippen molar-refractivity contribution in [1.29, 1.82) is 0 Å². The van der Waals surface area contributed by atoms with Gasteiger partial charge in [0.1, 0.15) is 5.52 Å². The SMILES string of the molecule is CCCCN(c1nc2ccccc2o1)[C@H](C)c1ccc(-c2c(C)cccc2-c2nn[nH]n2)cc1. The van der Waals surface area contributed by atoms with E-state index in [0.29, 0.717) is 11.8 Å². The molecule has 0 saturated heterocycles. The largest absolute Gasteiger partial charge is 0.423 e. The van der Waals surface area contributed by atoms with Crippen molar-refractivity contribution in [2.75, 3.05) is 11.4 Å². The Bertz CT molecular complexity index is 1340. The van der Waals surface area contributed by atoms with Gasteiger partial charge < -0.3 is 9.32 Å². The van der Waals surface area contributed by atoms with Crippen LogP contribution in [0.4, 0.5) is 6.01 Å². The second-order valence-electron chi connectivity index (χ2n) is 8.54. The molecule has 5 rings (SSSR count). The first kappa shape index (κ1) is 21.8. The van der Waals surface area contributed by atoms with Gasteiger partial charge in [0.15, 0.2) is 5.58 Å². The number of anilines is 1. The second-order valence-corrected chi connectivity index (χ2v) is 8.54. The van der Waals surface area contributed by atoms with Gasteiger partial charge in [-0.05, 0) is 59.9 Å². The molecular formula is C27H28N6O. The van der Waals surface area contributed by atoms with Crippen LogP contribution in [0.1, 0.15) is 43.9 Å². The van der Waals surface area contributed by atoms with Gasteiger partial charge in [-0.1, -0.05) is 67.9 Å². The van der Waals surface area contributed by atoms with Crippen molar-refractivity contribution in [1.82, 2.24) is 25.6 Å². The summed E-state index contributed by atoms with van der Waals surface area (Å²) in [5.74, 6) is 0.595. The lowest BCUT2D eigenvalue weighted by Gasteiger charge is -2.28. The third-order valence-electron chi connectivity index (χ3n) is 6.29. The van der Waals surface area contributed by atoms with Crippen molar-refractivity contribution in [2.24, 2.45) is 0 Å². The Hall–Kier alpha value is -4.00. The quantitative estimate of drug-likeness (QED) is 0.295. The molecule has 0 aliphatic rings. The van der Waals surface area contributed by atoms with Crippen molar-refractivity contribution in [3.05, 3.63) is 77.9 Å². The number of benzene rings is 3. The number of oxazole rings is 1. The molecule has 0 fully saturated rings. The number of hydrogen-bond donors (Lipinski definition) is 1. The number of nitrogens with one attached hydrogen (secondary N) is 1. The summed E-state index contributed by atoms with van der Waals surface area (Å²) in [5, 5.41) is 14.7. The molecule has 7 heteroatoms. The first-order chi connectivity index (χ1) is 16.7. The number of para-hydroxylation sites is 2. The monoisotopic (exact) mass is 452 g/mol. The molecule has 1 atom stereocenters. The predicted octanol–water partition coefficient (Wildman–Crippen LogP) is 6.35. The van der Waals surface area contributed by atoms with Gasteiger partial charge in [0.2, 0.25) is 5.82 Å². The van der Waals surface area contributed by atoms with Crippen molar-refractivity contribution >= 4 is 17.1 Å². The van der Waals surface area contributed by atoms with Crippen LogP contribution < -0.4 is 4.90 Å². The highest BCUT2D eigenvalue weighted by Gasteiger charge is 2.22. The Kier molecular flexibility index (Phi) is 6.08. The van der Waals surface area contributed by atoms with Gasteiger partial charge in [0.25, 0.3) is 6.01 Å². The van der Waals surface area contributed by atoms with Gasteiger partial charge in [-0.15, -0.1) is 10.2 Å². The van der Waals surface area contributed by atoms with E-state index in [1.807, 2.05) is 36.4 Å². The Balaban J connectivity index is 1.47. The minimum Gasteiger partial charge on any atom is -0.423 e. The molecule has 2 heterocycles. The minimum absolute atomic E-state index is 0.113. The summed E-state index contributed by atoms with van der Waals surface area (Å²) in [4.78, 5) is 7.03. The molecule has 0 spiro atoms. The maximum Gasteiger partial charge on any atom is 0.298 e. The number of tetrazole rings is 1. The molecule has 2 aromatic heterocycles. The molecule has 172 valence electrons.